The zero-order valence-corrected chi connectivity index (χ0v) is 41.7. The summed E-state index contributed by atoms with van der Waals surface area (Å²) >= 11 is 0. The van der Waals surface area contributed by atoms with E-state index in [1.54, 1.807) is 31.7 Å². The summed E-state index contributed by atoms with van der Waals surface area (Å²) in [6.07, 6.45) is 1.63. The standard InChI is InChI=1S/C49H59F6N5O6SSi/c1-28(2)68(29(3)4,30(5)6)20-17-37-40(51)16-11-31-21-35(66-67(62,63)49(53,54)55)22-39(41(31)37)36-14-15-38-43(42(36)52)56-45(64-27-48-18-10-19-59(48)24-32(50)23-48)57-44(38)58-25-33-12-13-34(26-58)60(33)46(61)65-47(7,8)9/h11,14-16,21-22,28-30,32-34H,10,12-13,18-19,23-27H2,1-9H3/t32-,33?,34?,48+/m1/s1. The Balaban J connectivity index is 1.32. The first-order valence-corrected chi connectivity index (χ1v) is 27.0. The summed E-state index contributed by atoms with van der Waals surface area (Å²) in [7, 11) is -8.74. The van der Waals surface area contributed by atoms with Crippen molar-refractivity contribution in [3.05, 3.63) is 53.6 Å². The van der Waals surface area contributed by atoms with E-state index >= 15 is 8.78 Å². The van der Waals surface area contributed by atoms with Crippen molar-refractivity contribution < 1.29 is 53.2 Å². The molecular formula is C49H59F6N5O6SSi. The fourth-order valence-corrected chi connectivity index (χ4v) is 17.2. The number of anilines is 1. The van der Waals surface area contributed by atoms with Crippen LogP contribution in [0.2, 0.25) is 16.6 Å². The highest BCUT2D eigenvalue weighted by atomic mass is 32.2. The van der Waals surface area contributed by atoms with Crippen LogP contribution in [0, 0.1) is 23.1 Å². The summed E-state index contributed by atoms with van der Waals surface area (Å²) in [5.41, 5.74) is -4.08. The number of alkyl halides is 4. The number of amides is 1. The van der Waals surface area contributed by atoms with E-state index in [-0.39, 0.29) is 92.7 Å². The highest BCUT2D eigenvalue weighted by Gasteiger charge is 2.51. The normalized spacial score (nSPS) is 22.4. The number of ether oxygens (including phenoxy) is 2. The van der Waals surface area contributed by atoms with Gasteiger partial charge in [-0.2, -0.15) is 31.6 Å². The average Bonchev–Trinajstić information content (AvgIpc) is 3.85. The van der Waals surface area contributed by atoms with Gasteiger partial charge in [0.2, 0.25) is 0 Å². The zero-order valence-electron chi connectivity index (χ0n) is 39.9. The van der Waals surface area contributed by atoms with Crippen molar-refractivity contribution in [2.75, 3.05) is 37.7 Å². The Labute approximate surface area is 395 Å². The molecule has 4 aliphatic heterocycles. The van der Waals surface area contributed by atoms with Gasteiger partial charge in [0.25, 0.3) is 0 Å². The van der Waals surface area contributed by atoms with Gasteiger partial charge in [0.1, 0.15) is 49.4 Å². The second kappa shape index (κ2) is 17.9. The average molecular weight is 988 g/mol. The van der Waals surface area contributed by atoms with Crippen molar-refractivity contribution in [1.29, 1.82) is 0 Å². The number of nitrogens with zero attached hydrogens (tertiary/aromatic N) is 5. The maximum Gasteiger partial charge on any atom is 0.534 e. The van der Waals surface area contributed by atoms with Gasteiger partial charge in [-0.1, -0.05) is 59.6 Å². The van der Waals surface area contributed by atoms with Gasteiger partial charge < -0.3 is 18.6 Å². The van der Waals surface area contributed by atoms with Crippen LogP contribution in [0.1, 0.15) is 100.0 Å². The van der Waals surface area contributed by atoms with Crippen LogP contribution in [0.25, 0.3) is 32.8 Å². The number of carbonyl (C=O) groups is 1. The predicted octanol–water partition coefficient (Wildman–Crippen LogP) is 11.1. The summed E-state index contributed by atoms with van der Waals surface area (Å²) < 4.78 is 132. The molecule has 2 unspecified atom stereocenters. The molecule has 4 aliphatic rings. The van der Waals surface area contributed by atoms with Crippen molar-refractivity contribution in [2.45, 2.75) is 146 Å². The minimum atomic E-state index is -6.20. The number of piperazine rings is 1. The Kier molecular flexibility index (Phi) is 13.0. The number of hydrogen-bond acceptors (Lipinski definition) is 10. The Morgan fingerprint density at radius 3 is 2.21 bits per heavy atom. The van der Waals surface area contributed by atoms with Gasteiger partial charge in [0.05, 0.1) is 23.2 Å². The van der Waals surface area contributed by atoms with E-state index < -0.39 is 64.5 Å². The number of benzene rings is 3. The second-order valence-electron chi connectivity index (χ2n) is 20.8. The molecule has 4 aromatic rings. The van der Waals surface area contributed by atoms with Crippen molar-refractivity contribution in [3.63, 3.8) is 0 Å². The first-order valence-electron chi connectivity index (χ1n) is 23.3. The Bertz CT molecular complexity index is 2780. The van der Waals surface area contributed by atoms with E-state index in [1.807, 2.05) is 4.90 Å². The van der Waals surface area contributed by atoms with E-state index in [9.17, 15) is 30.8 Å². The Morgan fingerprint density at radius 2 is 1.59 bits per heavy atom. The summed E-state index contributed by atoms with van der Waals surface area (Å²) in [6.45, 7) is 19.4. The summed E-state index contributed by atoms with van der Waals surface area (Å²) in [5.74, 6) is 0.852. The molecule has 11 nitrogen and oxygen atoms in total. The number of aromatic nitrogens is 2. The molecule has 4 fully saturated rings. The molecule has 0 spiro atoms. The largest absolute Gasteiger partial charge is 0.534 e. The topological polar surface area (TPSA) is 114 Å². The van der Waals surface area contributed by atoms with Gasteiger partial charge in [-0.3, -0.25) is 9.80 Å². The highest BCUT2D eigenvalue weighted by molar-refractivity contribution is 7.88. The molecule has 19 heteroatoms. The number of fused-ring (bicyclic) bond motifs is 5. The number of hydrogen-bond donors (Lipinski definition) is 0. The molecule has 2 bridgehead atoms. The number of halogens is 6. The van der Waals surface area contributed by atoms with Crippen LogP contribution in [0.5, 0.6) is 11.8 Å². The molecule has 1 aromatic heterocycles. The lowest BCUT2D eigenvalue weighted by atomic mass is 9.93. The predicted molar refractivity (Wildman–Crippen MR) is 252 cm³/mol. The molecule has 5 heterocycles. The SMILES string of the molecule is CC(C)[Si](C#Cc1c(F)ccc2cc(OS(=O)(=O)C(F)(F)F)cc(-c3ccc4c(N5CC6CCC(C5)N6C(=O)OC(C)(C)C)nc(OC[C@@]56CCCN5C[C@H](F)C6)nc4c3F)c12)(C(C)C)C(C)C. The quantitative estimate of drug-likeness (QED) is 0.0500. The van der Waals surface area contributed by atoms with Crippen LogP contribution in [0.15, 0.2) is 36.4 Å². The van der Waals surface area contributed by atoms with Crippen molar-refractivity contribution in [2.24, 2.45) is 0 Å². The van der Waals surface area contributed by atoms with Crippen LogP contribution in [0.3, 0.4) is 0 Å². The maximum absolute atomic E-state index is 17.9. The lowest BCUT2D eigenvalue weighted by Crippen LogP contribution is -2.57. The van der Waals surface area contributed by atoms with Crippen LogP contribution < -0.4 is 13.8 Å². The van der Waals surface area contributed by atoms with Crippen molar-refractivity contribution in [1.82, 2.24) is 19.8 Å². The van der Waals surface area contributed by atoms with Gasteiger partial charge in [-0.25, -0.2) is 18.0 Å². The maximum atomic E-state index is 17.9. The molecule has 68 heavy (non-hydrogen) atoms. The van der Waals surface area contributed by atoms with Gasteiger partial charge in [0.15, 0.2) is 5.82 Å². The van der Waals surface area contributed by atoms with Gasteiger partial charge in [-0.15, -0.1) is 5.54 Å². The third kappa shape index (κ3) is 8.97. The summed E-state index contributed by atoms with van der Waals surface area (Å²) in [4.78, 5) is 28.6. The van der Waals surface area contributed by atoms with Gasteiger partial charge >= 0.3 is 27.7 Å². The lowest BCUT2D eigenvalue weighted by Gasteiger charge is -2.42. The lowest BCUT2D eigenvalue weighted by molar-refractivity contribution is -0.0500. The van der Waals surface area contributed by atoms with Crippen LogP contribution >= 0.6 is 0 Å². The molecule has 0 radical (unpaired) electrons. The van der Waals surface area contributed by atoms with Crippen LogP contribution in [-0.2, 0) is 14.9 Å². The molecule has 0 N–H and O–H groups in total. The third-order valence-electron chi connectivity index (χ3n) is 14.5. The van der Waals surface area contributed by atoms with Crippen molar-refractivity contribution in [3.8, 4) is 34.4 Å². The summed E-state index contributed by atoms with van der Waals surface area (Å²) in [5, 5.41) is 0.299. The van der Waals surface area contributed by atoms with E-state index in [4.69, 9.17) is 14.5 Å². The molecule has 0 aliphatic carbocycles. The molecule has 3 aromatic carbocycles. The molecule has 1 amide bonds. The molecule has 0 saturated carbocycles. The Morgan fingerprint density at radius 1 is 0.926 bits per heavy atom. The third-order valence-corrected chi connectivity index (χ3v) is 21.7. The molecular weight excluding hydrogens is 929 g/mol. The smallest absolute Gasteiger partial charge is 0.461 e. The van der Waals surface area contributed by atoms with E-state index in [1.165, 1.54) is 12.1 Å². The first-order chi connectivity index (χ1) is 31.7. The number of rotatable bonds is 10. The molecule has 368 valence electrons. The van der Waals surface area contributed by atoms with Gasteiger partial charge in [-0.05, 0) is 105 Å². The highest BCUT2D eigenvalue weighted by Crippen LogP contribution is 2.45. The van der Waals surface area contributed by atoms with Crippen LogP contribution in [0.4, 0.5) is 37.0 Å². The molecule has 8 rings (SSSR count). The zero-order chi connectivity index (χ0) is 49.5. The number of carbonyl (C=O) groups excluding carboxylic acids is 1. The van der Waals surface area contributed by atoms with Gasteiger partial charge in [0, 0.05) is 42.4 Å². The minimum Gasteiger partial charge on any atom is -0.461 e. The van der Waals surface area contributed by atoms with Crippen LogP contribution in [-0.4, -0.2) is 110 Å². The van der Waals surface area contributed by atoms with E-state index in [2.05, 4.69) is 67.1 Å². The monoisotopic (exact) mass is 987 g/mol. The second-order valence-corrected chi connectivity index (χ2v) is 27.9. The fourth-order valence-electron chi connectivity index (χ4n) is 11.5. The Hall–Kier alpha value is -4.80. The fraction of sp³-hybridized carbons (Fsp3) is 0.571. The molecule has 4 atom stereocenters. The summed E-state index contributed by atoms with van der Waals surface area (Å²) in [6, 6.07) is 6.45. The first kappa shape index (κ1) is 49.6. The van der Waals surface area contributed by atoms with Crippen molar-refractivity contribution >= 4 is 51.8 Å². The minimum absolute atomic E-state index is 0.0181. The van der Waals surface area contributed by atoms with E-state index in [0.717, 1.165) is 24.6 Å². The molecule has 4 saturated heterocycles. The van der Waals surface area contributed by atoms with E-state index in [0.29, 0.717) is 44.7 Å².